The van der Waals surface area contributed by atoms with Gasteiger partial charge in [0.25, 0.3) is 0 Å². The SMILES string of the molecule is COCc1ccccc1NC(=O)Nc1ccc(C)cc1F. The van der Waals surface area contributed by atoms with E-state index in [0.29, 0.717) is 12.3 Å². The van der Waals surface area contributed by atoms with Crippen molar-refractivity contribution < 1.29 is 13.9 Å². The Morgan fingerprint density at radius 2 is 1.86 bits per heavy atom. The molecule has 2 aromatic carbocycles. The van der Waals surface area contributed by atoms with E-state index < -0.39 is 11.8 Å². The van der Waals surface area contributed by atoms with Crippen molar-refractivity contribution in [2.45, 2.75) is 13.5 Å². The smallest absolute Gasteiger partial charge is 0.323 e. The fourth-order valence-corrected chi connectivity index (χ4v) is 1.92. The molecule has 2 rings (SSSR count). The first kappa shape index (κ1) is 15.0. The van der Waals surface area contributed by atoms with Gasteiger partial charge in [-0.25, -0.2) is 9.18 Å². The Balaban J connectivity index is 2.08. The predicted molar refractivity (Wildman–Crippen MR) is 80.9 cm³/mol. The van der Waals surface area contributed by atoms with Gasteiger partial charge in [0.15, 0.2) is 0 Å². The molecule has 0 saturated heterocycles. The van der Waals surface area contributed by atoms with Gasteiger partial charge in [-0.05, 0) is 30.7 Å². The average Bonchev–Trinajstić information content (AvgIpc) is 2.44. The molecule has 110 valence electrons. The van der Waals surface area contributed by atoms with Crippen LogP contribution in [0.4, 0.5) is 20.6 Å². The van der Waals surface area contributed by atoms with Crippen LogP contribution in [0.5, 0.6) is 0 Å². The Labute approximate surface area is 122 Å². The van der Waals surface area contributed by atoms with Gasteiger partial charge in [0, 0.05) is 18.4 Å². The highest BCUT2D eigenvalue weighted by atomic mass is 19.1. The minimum absolute atomic E-state index is 0.141. The highest BCUT2D eigenvalue weighted by Crippen LogP contribution is 2.18. The number of carbonyl (C=O) groups excluding carboxylic acids is 1. The maximum Gasteiger partial charge on any atom is 0.323 e. The topological polar surface area (TPSA) is 50.4 Å². The maximum atomic E-state index is 13.7. The second kappa shape index (κ2) is 6.85. The van der Waals surface area contributed by atoms with Crippen molar-refractivity contribution in [2.24, 2.45) is 0 Å². The molecule has 2 aromatic rings. The number of hydrogen-bond donors (Lipinski definition) is 2. The highest BCUT2D eigenvalue weighted by Gasteiger charge is 2.09. The van der Waals surface area contributed by atoms with E-state index in [-0.39, 0.29) is 5.69 Å². The average molecular weight is 288 g/mol. The molecular weight excluding hydrogens is 271 g/mol. The third-order valence-electron chi connectivity index (χ3n) is 2.94. The van der Waals surface area contributed by atoms with Crippen LogP contribution in [0.3, 0.4) is 0 Å². The van der Waals surface area contributed by atoms with Gasteiger partial charge >= 0.3 is 6.03 Å². The van der Waals surface area contributed by atoms with Crippen LogP contribution in [-0.2, 0) is 11.3 Å². The van der Waals surface area contributed by atoms with Crippen LogP contribution in [0.25, 0.3) is 0 Å². The van der Waals surface area contributed by atoms with Gasteiger partial charge in [-0.3, -0.25) is 0 Å². The Kier molecular flexibility index (Phi) is 4.90. The summed E-state index contributed by atoms with van der Waals surface area (Å²) >= 11 is 0. The Morgan fingerprint density at radius 1 is 1.14 bits per heavy atom. The number of hydrogen-bond acceptors (Lipinski definition) is 2. The zero-order valence-electron chi connectivity index (χ0n) is 11.9. The standard InChI is InChI=1S/C16H17FN2O2/c1-11-7-8-15(13(17)9-11)19-16(20)18-14-6-4-3-5-12(14)10-21-2/h3-9H,10H2,1-2H3,(H2,18,19,20). The number of anilines is 2. The number of ether oxygens (including phenoxy) is 1. The molecule has 0 aromatic heterocycles. The fourth-order valence-electron chi connectivity index (χ4n) is 1.92. The summed E-state index contributed by atoms with van der Waals surface area (Å²) in [4.78, 5) is 11.9. The summed E-state index contributed by atoms with van der Waals surface area (Å²) in [6, 6.07) is 11.4. The van der Waals surface area contributed by atoms with Crippen LogP contribution >= 0.6 is 0 Å². The predicted octanol–water partition coefficient (Wildman–Crippen LogP) is 3.92. The quantitative estimate of drug-likeness (QED) is 0.895. The number of halogens is 1. The van der Waals surface area contributed by atoms with Gasteiger partial charge in [0.1, 0.15) is 5.82 Å². The summed E-state index contributed by atoms with van der Waals surface area (Å²) in [6.45, 7) is 2.17. The van der Waals surface area contributed by atoms with Crippen molar-refractivity contribution in [2.75, 3.05) is 17.7 Å². The largest absolute Gasteiger partial charge is 0.380 e. The van der Waals surface area contributed by atoms with Crippen LogP contribution in [0.1, 0.15) is 11.1 Å². The van der Waals surface area contributed by atoms with Crippen molar-refractivity contribution >= 4 is 17.4 Å². The highest BCUT2D eigenvalue weighted by molar-refractivity contribution is 6.00. The summed E-state index contributed by atoms with van der Waals surface area (Å²) in [5.74, 6) is -0.463. The van der Waals surface area contributed by atoms with Gasteiger partial charge < -0.3 is 15.4 Å². The monoisotopic (exact) mass is 288 g/mol. The van der Waals surface area contributed by atoms with Crippen molar-refractivity contribution in [3.63, 3.8) is 0 Å². The van der Waals surface area contributed by atoms with E-state index >= 15 is 0 Å². The van der Waals surface area contributed by atoms with Crippen LogP contribution in [0.15, 0.2) is 42.5 Å². The van der Waals surface area contributed by atoms with E-state index in [4.69, 9.17) is 4.74 Å². The van der Waals surface area contributed by atoms with E-state index in [9.17, 15) is 9.18 Å². The first-order valence-corrected chi connectivity index (χ1v) is 6.51. The summed E-state index contributed by atoms with van der Waals surface area (Å²) < 4.78 is 18.8. The van der Waals surface area contributed by atoms with Gasteiger partial charge in [-0.2, -0.15) is 0 Å². The molecule has 0 spiro atoms. The molecule has 0 bridgehead atoms. The molecule has 2 N–H and O–H groups in total. The minimum Gasteiger partial charge on any atom is -0.380 e. The van der Waals surface area contributed by atoms with Crippen molar-refractivity contribution in [1.29, 1.82) is 0 Å². The van der Waals surface area contributed by atoms with E-state index in [1.54, 1.807) is 32.2 Å². The summed E-state index contributed by atoms with van der Waals surface area (Å²) in [5, 5.41) is 5.18. The fraction of sp³-hybridized carbons (Fsp3) is 0.188. The first-order chi connectivity index (χ1) is 10.1. The van der Waals surface area contributed by atoms with Crippen molar-refractivity contribution in [3.05, 3.63) is 59.4 Å². The van der Waals surface area contributed by atoms with Crippen LogP contribution in [0, 0.1) is 12.7 Å². The number of urea groups is 1. The number of nitrogens with one attached hydrogen (secondary N) is 2. The van der Waals surface area contributed by atoms with Crippen LogP contribution in [-0.4, -0.2) is 13.1 Å². The number of carbonyl (C=O) groups is 1. The molecule has 0 aliphatic carbocycles. The molecular formula is C16H17FN2O2. The van der Waals surface area contributed by atoms with Gasteiger partial charge in [-0.15, -0.1) is 0 Å². The van der Waals surface area contributed by atoms with Crippen LogP contribution < -0.4 is 10.6 Å². The lowest BCUT2D eigenvalue weighted by Gasteiger charge is -2.12. The van der Waals surface area contributed by atoms with Crippen LogP contribution in [0.2, 0.25) is 0 Å². The summed E-state index contributed by atoms with van der Waals surface area (Å²) in [5.41, 5.74) is 2.41. The molecule has 21 heavy (non-hydrogen) atoms. The lowest BCUT2D eigenvalue weighted by Crippen LogP contribution is -2.21. The number of para-hydroxylation sites is 1. The van der Waals surface area contributed by atoms with Gasteiger partial charge in [-0.1, -0.05) is 24.3 Å². The zero-order chi connectivity index (χ0) is 15.2. The van der Waals surface area contributed by atoms with Gasteiger partial charge in [0.05, 0.1) is 12.3 Å². The normalized spacial score (nSPS) is 10.2. The number of aryl methyl sites for hydroxylation is 1. The Hall–Kier alpha value is -2.40. The van der Waals surface area contributed by atoms with E-state index in [2.05, 4.69) is 10.6 Å². The lowest BCUT2D eigenvalue weighted by atomic mass is 10.2. The lowest BCUT2D eigenvalue weighted by molar-refractivity contribution is 0.185. The number of rotatable bonds is 4. The Bertz CT molecular complexity index is 644. The molecule has 4 nitrogen and oxygen atoms in total. The molecule has 0 radical (unpaired) electrons. The summed E-state index contributed by atoms with van der Waals surface area (Å²) in [6.07, 6.45) is 0. The number of methoxy groups -OCH3 is 1. The molecule has 5 heteroatoms. The second-order valence-corrected chi connectivity index (χ2v) is 4.65. The third kappa shape index (κ3) is 4.03. The molecule has 0 atom stereocenters. The molecule has 0 aliphatic rings. The van der Waals surface area contributed by atoms with E-state index in [1.807, 2.05) is 12.1 Å². The van der Waals surface area contributed by atoms with Crippen molar-refractivity contribution in [1.82, 2.24) is 0 Å². The second-order valence-electron chi connectivity index (χ2n) is 4.65. The number of amides is 2. The maximum absolute atomic E-state index is 13.7. The molecule has 0 fully saturated rings. The molecule has 0 unspecified atom stereocenters. The summed E-state index contributed by atoms with van der Waals surface area (Å²) in [7, 11) is 1.58. The van der Waals surface area contributed by atoms with E-state index in [1.165, 1.54) is 12.1 Å². The Morgan fingerprint density at radius 3 is 2.57 bits per heavy atom. The number of benzene rings is 2. The van der Waals surface area contributed by atoms with E-state index in [0.717, 1.165) is 11.1 Å². The van der Waals surface area contributed by atoms with Crippen molar-refractivity contribution in [3.8, 4) is 0 Å². The van der Waals surface area contributed by atoms with Gasteiger partial charge in [0.2, 0.25) is 0 Å². The molecule has 2 amide bonds. The first-order valence-electron chi connectivity index (χ1n) is 6.51. The minimum atomic E-state index is -0.499. The third-order valence-corrected chi connectivity index (χ3v) is 2.94. The molecule has 0 aliphatic heterocycles. The zero-order valence-corrected chi connectivity index (χ0v) is 11.9. The molecule has 0 heterocycles. The molecule has 0 saturated carbocycles.